The Morgan fingerprint density at radius 2 is 1.48 bits per heavy atom. The topological polar surface area (TPSA) is 58.2 Å². The van der Waals surface area contributed by atoms with E-state index in [1.165, 1.54) is 12.5 Å². The van der Waals surface area contributed by atoms with Gasteiger partial charge in [0, 0.05) is 6.92 Å². The number of amides is 2. The van der Waals surface area contributed by atoms with E-state index in [0.717, 1.165) is 17.5 Å². The summed E-state index contributed by atoms with van der Waals surface area (Å²) in [6, 6.07) is 17.6. The number of rotatable bonds is 8. The molecule has 27 heavy (non-hydrogen) atoms. The Balaban J connectivity index is 1.98. The summed E-state index contributed by atoms with van der Waals surface area (Å²) in [6.45, 7) is 7.85. The van der Waals surface area contributed by atoms with Crippen LogP contribution in [0.25, 0.3) is 0 Å². The van der Waals surface area contributed by atoms with Crippen molar-refractivity contribution < 1.29 is 9.59 Å². The van der Waals surface area contributed by atoms with E-state index < -0.39 is 0 Å². The van der Waals surface area contributed by atoms with Crippen molar-refractivity contribution in [3.63, 3.8) is 0 Å². The Morgan fingerprint density at radius 1 is 0.852 bits per heavy atom. The Hall–Kier alpha value is -2.62. The molecular weight excluding hydrogens is 336 g/mol. The largest absolute Gasteiger partial charge is 0.350 e. The third-order valence-electron chi connectivity index (χ3n) is 4.47. The summed E-state index contributed by atoms with van der Waals surface area (Å²) in [5.41, 5.74) is 3.31. The van der Waals surface area contributed by atoms with Gasteiger partial charge in [-0.15, -0.1) is 0 Å². The molecule has 4 nitrogen and oxygen atoms in total. The van der Waals surface area contributed by atoms with E-state index in [0.29, 0.717) is 5.92 Å². The second-order valence-corrected chi connectivity index (χ2v) is 7.50. The summed E-state index contributed by atoms with van der Waals surface area (Å²) in [5, 5.41) is 5.91. The van der Waals surface area contributed by atoms with Crippen LogP contribution in [-0.4, -0.2) is 11.8 Å². The van der Waals surface area contributed by atoms with Crippen LogP contribution >= 0.6 is 0 Å². The SMILES string of the molecule is CC(=O)NC(CC(=O)NC(C)c1ccc(CC(C)C)cc1)c1ccccc1. The van der Waals surface area contributed by atoms with Crippen molar-refractivity contribution >= 4 is 11.8 Å². The van der Waals surface area contributed by atoms with Crippen molar-refractivity contribution in [3.8, 4) is 0 Å². The fraction of sp³-hybridized carbons (Fsp3) is 0.391. The lowest BCUT2D eigenvalue weighted by molar-refractivity contribution is -0.123. The molecule has 0 spiro atoms. The monoisotopic (exact) mass is 366 g/mol. The number of carbonyl (C=O) groups excluding carboxylic acids is 2. The molecule has 144 valence electrons. The van der Waals surface area contributed by atoms with Crippen LogP contribution in [0, 0.1) is 5.92 Å². The van der Waals surface area contributed by atoms with E-state index in [4.69, 9.17) is 0 Å². The van der Waals surface area contributed by atoms with Gasteiger partial charge in [-0.1, -0.05) is 68.4 Å². The second-order valence-electron chi connectivity index (χ2n) is 7.50. The smallest absolute Gasteiger partial charge is 0.222 e. The Kier molecular flexibility index (Phi) is 7.59. The number of hydrogen-bond donors (Lipinski definition) is 2. The van der Waals surface area contributed by atoms with E-state index in [-0.39, 0.29) is 30.3 Å². The van der Waals surface area contributed by atoms with Crippen molar-refractivity contribution in [2.45, 2.75) is 52.6 Å². The predicted molar refractivity (Wildman–Crippen MR) is 109 cm³/mol. The highest BCUT2D eigenvalue weighted by Gasteiger charge is 2.18. The summed E-state index contributed by atoms with van der Waals surface area (Å²) in [5.74, 6) is 0.387. The maximum atomic E-state index is 12.5. The molecule has 0 fully saturated rings. The van der Waals surface area contributed by atoms with E-state index >= 15 is 0 Å². The van der Waals surface area contributed by atoms with Crippen molar-refractivity contribution in [2.24, 2.45) is 5.92 Å². The first kappa shape index (κ1) is 20.7. The highest BCUT2D eigenvalue weighted by molar-refractivity contribution is 5.79. The molecule has 0 aliphatic rings. The molecule has 2 unspecified atom stereocenters. The van der Waals surface area contributed by atoms with Crippen LogP contribution in [-0.2, 0) is 16.0 Å². The van der Waals surface area contributed by atoms with Gasteiger partial charge in [-0.3, -0.25) is 9.59 Å². The molecule has 2 aromatic carbocycles. The van der Waals surface area contributed by atoms with Crippen LogP contribution in [0.4, 0.5) is 0 Å². The zero-order valence-corrected chi connectivity index (χ0v) is 16.7. The average molecular weight is 367 g/mol. The van der Waals surface area contributed by atoms with Gasteiger partial charge in [-0.05, 0) is 36.0 Å². The van der Waals surface area contributed by atoms with Gasteiger partial charge in [-0.25, -0.2) is 0 Å². The fourth-order valence-electron chi connectivity index (χ4n) is 3.17. The highest BCUT2D eigenvalue weighted by atomic mass is 16.2. The van der Waals surface area contributed by atoms with Crippen molar-refractivity contribution in [3.05, 3.63) is 71.3 Å². The molecule has 0 bridgehead atoms. The fourth-order valence-corrected chi connectivity index (χ4v) is 3.17. The van der Waals surface area contributed by atoms with Gasteiger partial charge in [0.1, 0.15) is 0 Å². The molecule has 2 aromatic rings. The van der Waals surface area contributed by atoms with E-state index in [1.807, 2.05) is 37.3 Å². The minimum absolute atomic E-state index is 0.0839. The van der Waals surface area contributed by atoms with Crippen LogP contribution in [0.1, 0.15) is 62.9 Å². The minimum Gasteiger partial charge on any atom is -0.350 e. The molecule has 2 rings (SSSR count). The van der Waals surface area contributed by atoms with Crippen LogP contribution in [0.5, 0.6) is 0 Å². The molecule has 0 saturated heterocycles. The lowest BCUT2D eigenvalue weighted by Gasteiger charge is -2.20. The number of carbonyl (C=O) groups is 2. The van der Waals surface area contributed by atoms with Crippen molar-refractivity contribution in [1.82, 2.24) is 10.6 Å². The standard InChI is InChI=1S/C23H30N2O2/c1-16(2)14-19-10-12-20(13-11-19)17(3)24-23(27)15-22(25-18(4)26)21-8-6-5-7-9-21/h5-13,16-17,22H,14-15H2,1-4H3,(H,24,27)(H,25,26). The summed E-state index contributed by atoms with van der Waals surface area (Å²) < 4.78 is 0. The molecule has 0 saturated carbocycles. The Bertz CT molecular complexity index is 739. The number of benzene rings is 2. The Morgan fingerprint density at radius 3 is 2.04 bits per heavy atom. The number of hydrogen-bond acceptors (Lipinski definition) is 2. The van der Waals surface area contributed by atoms with E-state index in [2.05, 4.69) is 48.7 Å². The third kappa shape index (κ3) is 6.89. The van der Waals surface area contributed by atoms with Gasteiger partial charge in [0.2, 0.25) is 11.8 Å². The number of nitrogens with one attached hydrogen (secondary N) is 2. The molecule has 0 radical (unpaired) electrons. The van der Waals surface area contributed by atoms with Crippen LogP contribution in [0.3, 0.4) is 0 Å². The summed E-state index contributed by atoms with van der Waals surface area (Å²) >= 11 is 0. The lowest BCUT2D eigenvalue weighted by atomic mass is 9.99. The molecule has 2 N–H and O–H groups in total. The molecule has 0 aliphatic carbocycles. The quantitative estimate of drug-likeness (QED) is 0.730. The molecule has 0 heterocycles. The van der Waals surface area contributed by atoms with Gasteiger partial charge in [0.05, 0.1) is 18.5 Å². The minimum atomic E-state index is -0.329. The zero-order chi connectivity index (χ0) is 19.8. The van der Waals surface area contributed by atoms with Crippen LogP contribution in [0.15, 0.2) is 54.6 Å². The van der Waals surface area contributed by atoms with Gasteiger partial charge < -0.3 is 10.6 Å². The maximum Gasteiger partial charge on any atom is 0.222 e. The summed E-state index contributed by atoms with van der Waals surface area (Å²) in [6.07, 6.45) is 1.26. The van der Waals surface area contributed by atoms with Gasteiger partial charge >= 0.3 is 0 Å². The average Bonchev–Trinajstić information content (AvgIpc) is 2.61. The third-order valence-corrected chi connectivity index (χ3v) is 4.47. The molecule has 0 aromatic heterocycles. The molecule has 4 heteroatoms. The molecular formula is C23H30N2O2. The van der Waals surface area contributed by atoms with E-state index in [1.54, 1.807) is 0 Å². The van der Waals surface area contributed by atoms with E-state index in [9.17, 15) is 9.59 Å². The van der Waals surface area contributed by atoms with Crippen molar-refractivity contribution in [1.29, 1.82) is 0 Å². The van der Waals surface area contributed by atoms with Gasteiger partial charge in [0.25, 0.3) is 0 Å². The maximum absolute atomic E-state index is 12.5. The predicted octanol–water partition coefficient (Wildman–Crippen LogP) is 4.33. The first-order valence-electron chi connectivity index (χ1n) is 9.55. The Labute approximate surface area is 162 Å². The van der Waals surface area contributed by atoms with Gasteiger partial charge in [-0.2, -0.15) is 0 Å². The zero-order valence-electron chi connectivity index (χ0n) is 16.7. The molecule has 0 aliphatic heterocycles. The normalized spacial score (nSPS) is 13.1. The summed E-state index contributed by atoms with van der Waals surface area (Å²) in [7, 11) is 0. The van der Waals surface area contributed by atoms with Crippen LogP contribution in [0.2, 0.25) is 0 Å². The van der Waals surface area contributed by atoms with Crippen LogP contribution < -0.4 is 10.6 Å². The molecule has 2 atom stereocenters. The first-order chi connectivity index (χ1) is 12.8. The molecule has 2 amide bonds. The van der Waals surface area contributed by atoms with Crippen molar-refractivity contribution in [2.75, 3.05) is 0 Å². The highest BCUT2D eigenvalue weighted by Crippen LogP contribution is 2.19. The first-order valence-corrected chi connectivity index (χ1v) is 9.55. The van der Waals surface area contributed by atoms with Gasteiger partial charge in [0.15, 0.2) is 0 Å². The lowest BCUT2D eigenvalue weighted by Crippen LogP contribution is -2.33. The summed E-state index contributed by atoms with van der Waals surface area (Å²) in [4.78, 5) is 24.1. The second kappa shape index (κ2) is 9.91.